The van der Waals surface area contributed by atoms with Crippen LogP contribution >= 0.6 is 0 Å². The van der Waals surface area contributed by atoms with Crippen molar-refractivity contribution in [1.82, 2.24) is 0 Å². The Balaban J connectivity index is 0.000000358. The normalized spacial score (nSPS) is 11.7. The molecule has 3 aromatic carbocycles. The van der Waals surface area contributed by atoms with Gasteiger partial charge in [-0.2, -0.15) is 0 Å². The van der Waals surface area contributed by atoms with E-state index in [2.05, 4.69) is 27.7 Å². The van der Waals surface area contributed by atoms with Crippen molar-refractivity contribution in [2.45, 2.75) is 116 Å². The summed E-state index contributed by atoms with van der Waals surface area (Å²) < 4.78 is 46.5. The molecule has 0 bridgehead atoms. The molecule has 0 N–H and O–H groups in total. The zero-order valence-electron chi connectivity index (χ0n) is 28.6. The van der Waals surface area contributed by atoms with Crippen LogP contribution in [-0.2, 0) is 5.41 Å². The maximum absolute atomic E-state index is 15.0. The van der Waals surface area contributed by atoms with Crippen LogP contribution in [0.3, 0.4) is 0 Å². The summed E-state index contributed by atoms with van der Waals surface area (Å²) in [5.74, 6) is -1.44. The average molecular weight is 621 g/mol. The third-order valence-electron chi connectivity index (χ3n) is 9.20. The predicted octanol–water partition coefficient (Wildman–Crippen LogP) is 11.6. The van der Waals surface area contributed by atoms with Gasteiger partial charge in [-0.15, -0.1) is 0 Å². The van der Waals surface area contributed by atoms with Crippen LogP contribution in [0.5, 0.6) is 0 Å². The van der Waals surface area contributed by atoms with Crippen molar-refractivity contribution in [2.24, 2.45) is 0 Å². The van der Waals surface area contributed by atoms with Crippen LogP contribution in [0.15, 0.2) is 72.8 Å². The van der Waals surface area contributed by atoms with Gasteiger partial charge < -0.3 is 12.3 Å². The van der Waals surface area contributed by atoms with Gasteiger partial charge in [-0.1, -0.05) is 127 Å². The monoisotopic (exact) mass is 620 g/mol. The molecule has 0 saturated carbocycles. The van der Waals surface area contributed by atoms with Crippen molar-refractivity contribution < 1.29 is 17.7 Å². The molecular weight excluding hydrogens is 562 g/mol. The summed E-state index contributed by atoms with van der Waals surface area (Å²) in [4.78, 5) is 0. The number of halogens is 3. The molecular formula is C40H58BF3N. The minimum absolute atomic E-state index is 0.276. The summed E-state index contributed by atoms with van der Waals surface area (Å²) in [5.41, 5.74) is -0.440. The second kappa shape index (κ2) is 21.3. The van der Waals surface area contributed by atoms with E-state index in [1.165, 1.54) is 100 Å². The van der Waals surface area contributed by atoms with E-state index in [4.69, 9.17) is 7.85 Å². The number of hydrogen-bond acceptors (Lipinski definition) is 0. The van der Waals surface area contributed by atoms with E-state index in [-0.39, 0.29) is 16.7 Å². The van der Waals surface area contributed by atoms with E-state index in [1.807, 2.05) is 0 Å². The fraction of sp³-hybridized carbons (Fsp3) is 0.550. The molecule has 1 nitrogen and oxygen atoms in total. The molecule has 0 aliphatic carbocycles. The number of hydrogen-bond donors (Lipinski definition) is 0. The lowest BCUT2D eigenvalue weighted by molar-refractivity contribution is -0.929. The number of quaternary nitrogens is 1. The molecule has 0 saturated heterocycles. The minimum Gasteiger partial charge on any atom is -0.626 e. The molecule has 3 rings (SSSR count). The van der Waals surface area contributed by atoms with Gasteiger partial charge in [0.25, 0.3) is 0 Å². The predicted molar refractivity (Wildman–Crippen MR) is 187 cm³/mol. The summed E-state index contributed by atoms with van der Waals surface area (Å²) >= 11 is 0. The molecule has 0 spiro atoms. The summed E-state index contributed by atoms with van der Waals surface area (Å²) in [5, 5.41) is 0. The molecule has 0 amide bonds. The highest BCUT2D eigenvalue weighted by molar-refractivity contribution is 6.08. The average Bonchev–Trinajstić information content (AvgIpc) is 3.06. The highest BCUT2D eigenvalue weighted by Crippen LogP contribution is 2.46. The van der Waals surface area contributed by atoms with E-state index in [0.29, 0.717) is 19.2 Å². The van der Waals surface area contributed by atoms with Crippen LogP contribution in [0.2, 0.25) is 6.32 Å². The SMILES string of the molecule is CCCC[N+](CCCC)(CCCC)CCCC.[B-]CCCCCC(c1ccccc1F)(c1ccccc1F)c1ccccc1F. The van der Waals surface area contributed by atoms with Gasteiger partial charge in [0.15, 0.2) is 0 Å². The largest absolute Gasteiger partial charge is 0.626 e. The second-order valence-corrected chi connectivity index (χ2v) is 12.6. The molecule has 247 valence electrons. The first kappa shape index (κ1) is 38.7. The van der Waals surface area contributed by atoms with Crippen molar-refractivity contribution in [3.05, 3.63) is 107 Å². The van der Waals surface area contributed by atoms with E-state index < -0.39 is 22.9 Å². The molecule has 3 aromatic rings. The Kier molecular flexibility index (Phi) is 18.3. The lowest BCUT2D eigenvalue weighted by atomic mass is 9.66. The zero-order chi connectivity index (χ0) is 33.0. The van der Waals surface area contributed by atoms with Gasteiger partial charge >= 0.3 is 0 Å². The highest BCUT2D eigenvalue weighted by Gasteiger charge is 2.41. The van der Waals surface area contributed by atoms with E-state index in [1.54, 1.807) is 54.6 Å². The summed E-state index contributed by atoms with van der Waals surface area (Å²) in [6, 6.07) is 18.7. The van der Waals surface area contributed by atoms with Crippen molar-refractivity contribution >= 4 is 7.85 Å². The third kappa shape index (κ3) is 11.3. The minimum atomic E-state index is -1.27. The molecule has 0 aliphatic heterocycles. The summed E-state index contributed by atoms with van der Waals surface area (Å²) in [6.45, 7) is 15.0. The van der Waals surface area contributed by atoms with Gasteiger partial charge in [0.1, 0.15) is 17.5 Å². The fourth-order valence-electron chi connectivity index (χ4n) is 6.62. The first-order valence-electron chi connectivity index (χ1n) is 17.7. The molecule has 3 radical (unpaired) electrons. The maximum atomic E-state index is 15.0. The topological polar surface area (TPSA) is 0 Å². The first-order valence-corrected chi connectivity index (χ1v) is 17.7. The molecule has 0 unspecified atom stereocenters. The summed E-state index contributed by atoms with van der Waals surface area (Å²) in [7, 11) is 5.60. The van der Waals surface area contributed by atoms with Crippen LogP contribution in [-0.4, -0.2) is 38.5 Å². The number of nitrogens with zero attached hydrogens (tertiary/aromatic N) is 1. The lowest BCUT2D eigenvalue weighted by Gasteiger charge is -2.39. The van der Waals surface area contributed by atoms with Crippen molar-refractivity contribution in [1.29, 1.82) is 0 Å². The Morgan fingerprint density at radius 1 is 0.489 bits per heavy atom. The van der Waals surface area contributed by atoms with Gasteiger partial charge in [0.05, 0.1) is 31.6 Å². The second-order valence-electron chi connectivity index (χ2n) is 12.6. The molecule has 0 heterocycles. The first-order chi connectivity index (χ1) is 21.9. The van der Waals surface area contributed by atoms with Crippen LogP contribution < -0.4 is 0 Å². The molecule has 0 fully saturated rings. The van der Waals surface area contributed by atoms with Gasteiger partial charge in [-0.3, -0.25) is 6.32 Å². The van der Waals surface area contributed by atoms with E-state index >= 15 is 13.2 Å². The number of benzene rings is 3. The molecule has 0 atom stereocenters. The van der Waals surface area contributed by atoms with E-state index in [9.17, 15) is 0 Å². The van der Waals surface area contributed by atoms with Gasteiger partial charge in [-0.05, 0) is 50.3 Å². The lowest BCUT2D eigenvalue weighted by Crippen LogP contribution is -2.50. The van der Waals surface area contributed by atoms with Crippen LogP contribution in [0.1, 0.15) is 121 Å². The Labute approximate surface area is 274 Å². The number of unbranched alkanes of at least 4 members (excludes halogenated alkanes) is 6. The molecule has 0 aliphatic rings. The van der Waals surface area contributed by atoms with Crippen LogP contribution in [0.4, 0.5) is 13.2 Å². The van der Waals surface area contributed by atoms with Gasteiger partial charge in [0, 0.05) is 16.7 Å². The maximum Gasteiger partial charge on any atom is 0.127 e. The van der Waals surface area contributed by atoms with E-state index in [0.717, 1.165) is 12.8 Å². The van der Waals surface area contributed by atoms with Crippen molar-refractivity contribution in [2.75, 3.05) is 26.2 Å². The zero-order valence-corrected chi connectivity index (χ0v) is 28.6. The van der Waals surface area contributed by atoms with Crippen molar-refractivity contribution in [3.63, 3.8) is 0 Å². The highest BCUT2D eigenvalue weighted by atomic mass is 19.1. The molecule has 0 aromatic heterocycles. The number of rotatable bonds is 20. The Morgan fingerprint density at radius 3 is 1.11 bits per heavy atom. The van der Waals surface area contributed by atoms with Gasteiger partial charge in [-0.25, -0.2) is 13.2 Å². The Morgan fingerprint density at radius 2 is 0.822 bits per heavy atom. The molecule has 45 heavy (non-hydrogen) atoms. The Bertz CT molecular complexity index is 1060. The standard InChI is InChI=1S/C24H22BF3.C16H36N/c25-17-9-1-8-16-24(18-10-2-5-13-21(18)26,19-11-3-6-14-22(19)27)20-12-4-7-15-23(20)28;1-5-9-13-17(14-10-6-2,15-11-7-3)16-12-8-4/h2-7,10-15H,1,8-9,16-17H2;5-16H2,1-4H3/q-1;+1. The van der Waals surface area contributed by atoms with Crippen molar-refractivity contribution in [3.8, 4) is 0 Å². The smallest absolute Gasteiger partial charge is 0.127 e. The van der Waals surface area contributed by atoms with Crippen LogP contribution in [0, 0.1) is 17.5 Å². The third-order valence-corrected chi connectivity index (χ3v) is 9.20. The van der Waals surface area contributed by atoms with Crippen LogP contribution in [0.25, 0.3) is 0 Å². The molecule has 5 heteroatoms. The quantitative estimate of drug-likeness (QED) is 0.0510. The summed E-state index contributed by atoms with van der Waals surface area (Å²) in [6.07, 6.45) is 14.2. The van der Waals surface area contributed by atoms with Gasteiger partial charge in [0.2, 0.25) is 0 Å². The Hall–Kier alpha value is -2.53. The fourth-order valence-corrected chi connectivity index (χ4v) is 6.62.